The summed E-state index contributed by atoms with van der Waals surface area (Å²) in [4.78, 5) is 0. The molecular formula is C15H22Cl2N2. The van der Waals surface area contributed by atoms with Crippen LogP contribution in [0, 0.1) is 11.8 Å². The van der Waals surface area contributed by atoms with E-state index in [0.717, 1.165) is 27.9 Å². The molecule has 1 atom stereocenters. The lowest BCUT2D eigenvalue weighted by Crippen LogP contribution is -2.43. The van der Waals surface area contributed by atoms with Crippen molar-refractivity contribution in [1.82, 2.24) is 5.43 Å². The molecule has 3 N–H and O–H groups in total. The Kier molecular flexibility index (Phi) is 5.52. The molecule has 1 aliphatic rings. The molecule has 2 nitrogen and oxygen atoms in total. The van der Waals surface area contributed by atoms with Gasteiger partial charge in [0, 0.05) is 16.1 Å². The van der Waals surface area contributed by atoms with Crippen LogP contribution in [0.25, 0.3) is 0 Å². The van der Waals surface area contributed by atoms with Gasteiger partial charge >= 0.3 is 0 Å². The molecule has 1 aromatic carbocycles. The van der Waals surface area contributed by atoms with Crippen LogP contribution in [0.5, 0.6) is 0 Å². The molecule has 106 valence electrons. The minimum Gasteiger partial charge on any atom is -0.271 e. The zero-order valence-corrected chi connectivity index (χ0v) is 12.8. The van der Waals surface area contributed by atoms with Crippen molar-refractivity contribution in [2.24, 2.45) is 17.7 Å². The van der Waals surface area contributed by atoms with E-state index < -0.39 is 0 Å². The molecule has 0 spiro atoms. The highest BCUT2D eigenvalue weighted by Gasteiger charge is 2.26. The maximum atomic E-state index is 6.24. The van der Waals surface area contributed by atoms with Crippen LogP contribution in [0.3, 0.4) is 0 Å². The first-order valence-electron chi connectivity index (χ1n) is 7.00. The zero-order chi connectivity index (χ0) is 13.8. The van der Waals surface area contributed by atoms with E-state index >= 15 is 0 Å². The number of hydrazine groups is 1. The summed E-state index contributed by atoms with van der Waals surface area (Å²) in [6.45, 7) is 2.33. The van der Waals surface area contributed by atoms with Gasteiger partial charge in [0.25, 0.3) is 0 Å². The summed E-state index contributed by atoms with van der Waals surface area (Å²) >= 11 is 12.5. The van der Waals surface area contributed by atoms with Crippen LogP contribution in [-0.2, 0) is 6.42 Å². The molecule has 2 rings (SSSR count). The maximum absolute atomic E-state index is 6.24. The average molecular weight is 301 g/mol. The first-order valence-corrected chi connectivity index (χ1v) is 7.76. The monoisotopic (exact) mass is 300 g/mol. The SMILES string of the molecule is CC1CCC(C(Cc2c(Cl)cccc2Cl)NN)CC1. The molecule has 0 heterocycles. The molecule has 0 saturated heterocycles. The van der Waals surface area contributed by atoms with Crippen LogP contribution in [0.4, 0.5) is 0 Å². The van der Waals surface area contributed by atoms with Crippen LogP contribution in [0.15, 0.2) is 18.2 Å². The summed E-state index contributed by atoms with van der Waals surface area (Å²) in [5.74, 6) is 7.22. The average Bonchev–Trinajstić information content (AvgIpc) is 2.40. The Morgan fingerprint density at radius 1 is 1.21 bits per heavy atom. The van der Waals surface area contributed by atoms with E-state index in [0.29, 0.717) is 5.92 Å². The van der Waals surface area contributed by atoms with Crippen molar-refractivity contribution in [1.29, 1.82) is 0 Å². The number of nitrogens with two attached hydrogens (primary N) is 1. The lowest BCUT2D eigenvalue weighted by Gasteiger charge is -2.32. The predicted molar refractivity (Wildman–Crippen MR) is 82.4 cm³/mol. The quantitative estimate of drug-likeness (QED) is 0.646. The molecule has 0 aromatic heterocycles. The van der Waals surface area contributed by atoms with E-state index in [1.807, 2.05) is 18.2 Å². The van der Waals surface area contributed by atoms with Crippen LogP contribution < -0.4 is 11.3 Å². The number of benzene rings is 1. The second kappa shape index (κ2) is 6.94. The molecule has 1 fully saturated rings. The molecule has 0 bridgehead atoms. The van der Waals surface area contributed by atoms with Crippen molar-refractivity contribution in [3.63, 3.8) is 0 Å². The van der Waals surface area contributed by atoms with Gasteiger partial charge in [-0.15, -0.1) is 0 Å². The second-order valence-electron chi connectivity index (χ2n) is 5.70. The van der Waals surface area contributed by atoms with Gasteiger partial charge in [-0.1, -0.05) is 49.0 Å². The van der Waals surface area contributed by atoms with E-state index in [9.17, 15) is 0 Å². The Balaban J connectivity index is 2.06. The lowest BCUT2D eigenvalue weighted by molar-refractivity contribution is 0.229. The third-order valence-corrected chi connectivity index (χ3v) is 5.04. The van der Waals surface area contributed by atoms with Gasteiger partial charge in [-0.2, -0.15) is 0 Å². The summed E-state index contributed by atoms with van der Waals surface area (Å²) in [6.07, 6.45) is 5.85. The van der Waals surface area contributed by atoms with Crippen LogP contribution >= 0.6 is 23.2 Å². The van der Waals surface area contributed by atoms with Crippen molar-refractivity contribution < 1.29 is 0 Å². The molecule has 1 saturated carbocycles. The third-order valence-electron chi connectivity index (χ3n) is 4.33. The Morgan fingerprint density at radius 2 is 1.79 bits per heavy atom. The molecule has 19 heavy (non-hydrogen) atoms. The number of hydrogen-bond acceptors (Lipinski definition) is 2. The zero-order valence-electron chi connectivity index (χ0n) is 11.3. The molecule has 1 aliphatic carbocycles. The highest BCUT2D eigenvalue weighted by molar-refractivity contribution is 6.36. The van der Waals surface area contributed by atoms with E-state index in [-0.39, 0.29) is 6.04 Å². The molecule has 0 aliphatic heterocycles. The van der Waals surface area contributed by atoms with Gasteiger partial charge in [0.05, 0.1) is 0 Å². The van der Waals surface area contributed by atoms with Crippen LogP contribution in [-0.4, -0.2) is 6.04 Å². The van der Waals surface area contributed by atoms with Crippen molar-refractivity contribution in [3.05, 3.63) is 33.8 Å². The standard InChI is InChI=1S/C15H22Cl2N2/c1-10-5-7-11(8-6-10)15(19-18)9-12-13(16)3-2-4-14(12)17/h2-4,10-11,15,19H,5-9,18H2,1H3. The summed E-state index contributed by atoms with van der Waals surface area (Å²) in [5.41, 5.74) is 3.98. The Morgan fingerprint density at radius 3 is 2.32 bits per heavy atom. The largest absolute Gasteiger partial charge is 0.271 e. The Labute approximate surface area is 125 Å². The van der Waals surface area contributed by atoms with Gasteiger partial charge in [-0.05, 0) is 48.8 Å². The van der Waals surface area contributed by atoms with Gasteiger partial charge in [0.2, 0.25) is 0 Å². The number of nitrogens with one attached hydrogen (secondary N) is 1. The Hall–Kier alpha value is -0.280. The van der Waals surface area contributed by atoms with Crippen molar-refractivity contribution in [2.75, 3.05) is 0 Å². The fourth-order valence-electron chi connectivity index (χ4n) is 3.00. The minimum absolute atomic E-state index is 0.255. The number of rotatable bonds is 4. The van der Waals surface area contributed by atoms with Gasteiger partial charge in [-0.25, -0.2) is 0 Å². The van der Waals surface area contributed by atoms with Gasteiger partial charge < -0.3 is 0 Å². The van der Waals surface area contributed by atoms with Crippen molar-refractivity contribution in [3.8, 4) is 0 Å². The molecule has 0 radical (unpaired) electrons. The van der Waals surface area contributed by atoms with Gasteiger partial charge in [-0.3, -0.25) is 11.3 Å². The van der Waals surface area contributed by atoms with E-state index in [1.54, 1.807) is 0 Å². The molecule has 0 amide bonds. The Bertz CT molecular complexity index is 394. The fourth-order valence-corrected chi connectivity index (χ4v) is 3.55. The van der Waals surface area contributed by atoms with Gasteiger partial charge in [0.1, 0.15) is 0 Å². The molecule has 1 unspecified atom stereocenters. The summed E-state index contributed by atoms with van der Waals surface area (Å²) in [5, 5.41) is 1.47. The highest BCUT2D eigenvalue weighted by atomic mass is 35.5. The summed E-state index contributed by atoms with van der Waals surface area (Å²) in [7, 11) is 0. The first kappa shape index (κ1) is 15.1. The predicted octanol–water partition coefficient (Wildman–Crippen LogP) is 4.19. The van der Waals surface area contributed by atoms with Crippen molar-refractivity contribution in [2.45, 2.75) is 45.1 Å². The summed E-state index contributed by atoms with van der Waals surface area (Å²) < 4.78 is 0. The molecular weight excluding hydrogens is 279 g/mol. The normalized spacial score (nSPS) is 25.3. The molecule has 4 heteroatoms. The number of halogens is 2. The highest BCUT2D eigenvalue weighted by Crippen LogP contribution is 2.33. The first-order chi connectivity index (χ1) is 9.11. The van der Waals surface area contributed by atoms with E-state index in [4.69, 9.17) is 29.0 Å². The number of hydrogen-bond donors (Lipinski definition) is 2. The lowest BCUT2D eigenvalue weighted by atomic mass is 9.78. The topological polar surface area (TPSA) is 38.0 Å². The second-order valence-corrected chi connectivity index (χ2v) is 6.51. The smallest absolute Gasteiger partial charge is 0.0453 e. The molecule has 1 aromatic rings. The maximum Gasteiger partial charge on any atom is 0.0453 e. The third kappa shape index (κ3) is 3.85. The van der Waals surface area contributed by atoms with Crippen LogP contribution in [0.1, 0.15) is 38.2 Å². The van der Waals surface area contributed by atoms with E-state index in [2.05, 4.69) is 12.3 Å². The van der Waals surface area contributed by atoms with Crippen molar-refractivity contribution >= 4 is 23.2 Å². The fraction of sp³-hybridized carbons (Fsp3) is 0.600. The van der Waals surface area contributed by atoms with Gasteiger partial charge in [0.15, 0.2) is 0 Å². The minimum atomic E-state index is 0.255. The summed E-state index contributed by atoms with van der Waals surface area (Å²) in [6, 6.07) is 5.91. The van der Waals surface area contributed by atoms with E-state index in [1.165, 1.54) is 25.7 Å². The van der Waals surface area contributed by atoms with Crippen LogP contribution in [0.2, 0.25) is 10.0 Å².